The molecule has 3 rings (SSSR count). The van der Waals surface area contributed by atoms with Gasteiger partial charge in [0.25, 0.3) is 0 Å². The van der Waals surface area contributed by atoms with Crippen LogP contribution in [-0.4, -0.2) is 59.0 Å². The zero-order valence-corrected chi connectivity index (χ0v) is 19.6. The van der Waals surface area contributed by atoms with Gasteiger partial charge in [-0.15, -0.1) is 0 Å². The van der Waals surface area contributed by atoms with E-state index in [2.05, 4.69) is 30.3 Å². The van der Waals surface area contributed by atoms with Gasteiger partial charge in [-0.05, 0) is 31.4 Å². The molecule has 0 bridgehead atoms. The predicted octanol–water partition coefficient (Wildman–Crippen LogP) is 3.29. The van der Waals surface area contributed by atoms with Gasteiger partial charge in [0.2, 0.25) is 5.91 Å². The van der Waals surface area contributed by atoms with E-state index in [0.717, 1.165) is 48.5 Å². The zero-order valence-electron chi connectivity index (χ0n) is 18.7. The maximum atomic E-state index is 13.0. The average molecular weight is 447 g/mol. The Bertz CT molecular complexity index is 872. The van der Waals surface area contributed by atoms with Crippen molar-refractivity contribution in [3.8, 4) is 17.0 Å². The number of imidazole rings is 1. The van der Waals surface area contributed by atoms with Gasteiger partial charge in [0.1, 0.15) is 11.6 Å². The highest BCUT2D eigenvalue weighted by molar-refractivity contribution is 7.80. The number of nitrogens with two attached hydrogens (primary N) is 1. The number of rotatable bonds is 10. The van der Waals surface area contributed by atoms with Gasteiger partial charge in [0.05, 0.1) is 31.0 Å². The summed E-state index contributed by atoms with van der Waals surface area (Å²) in [5.74, 6) is 1.91. The third kappa shape index (κ3) is 5.25. The van der Waals surface area contributed by atoms with Crippen molar-refractivity contribution in [2.75, 3.05) is 26.5 Å². The minimum absolute atomic E-state index is 0.0717. The van der Waals surface area contributed by atoms with Crippen molar-refractivity contribution in [1.82, 2.24) is 14.5 Å². The van der Waals surface area contributed by atoms with Crippen LogP contribution in [0.15, 0.2) is 30.5 Å². The van der Waals surface area contributed by atoms with Gasteiger partial charge in [-0.1, -0.05) is 25.5 Å². The van der Waals surface area contributed by atoms with E-state index in [1.165, 1.54) is 0 Å². The van der Waals surface area contributed by atoms with Crippen LogP contribution in [0.3, 0.4) is 0 Å². The summed E-state index contributed by atoms with van der Waals surface area (Å²) in [5.41, 5.74) is 7.85. The number of ether oxygens (including phenoxy) is 2. The fourth-order valence-corrected chi connectivity index (χ4v) is 4.41. The van der Waals surface area contributed by atoms with E-state index < -0.39 is 6.04 Å². The molecule has 0 fully saturated rings. The van der Waals surface area contributed by atoms with E-state index in [-0.39, 0.29) is 18.1 Å². The third-order valence-electron chi connectivity index (χ3n) is 5.95. The Kier molecular flexibility index (Phi) is 8.40. The second-order valence-electron chi connectivity index (χ2n) is 7.94. The Morgan fingerprint density at radius 1 is 1.29 bits per heavy atom. The number of carbonyl (C=O) groups excluding carboxylic acids is 1. The number of amides is 1. The van der Waals surface area contributed by atoms with Gasteiger partial charge < -0.3 is 24.7 Å². The van der Waals surface area contributed by atoms with Crippen LogP contribution in [-0.2, 0) is 16.1 Å². The SMILES string of the molecule is CCCC(CCC1c2nc(-c3ccccc3OC)cn2CCN1C(=O)[C@@H](N)CS)OC. The average Bonchev–Trinajstić information content (AvgIpc) is 3.24. The molecule has 2 aromatic rings. The molecule has 3 atom stereocenters. The molecule has 1 amide bonds. The Hall–Kier alpha value is -2.03. The molecule has 0 saturated heterocycles. The van der Waals surface area contributed by atoms with Crippen molar-refractivity contribution in [3.63, 3.8) is 0 Å². The number of carbonyl (C=O) groups is 1. The van der Waals surface area contributed by atoms with Gasteiger partial charge in [-0.2, -0.15) is 12.6 Å². The highest BCUT2D eigenvalue weighted by Crippen LogP contribution is 2.35. The summed E-state index contributed by atoms with van der Waals surface area (Å²) in [5, 5.41) is 0. The molecule has 0 aliphatic carbocycles. The van der Waals surface area contributed by atoms with E-state index in [1.807, 2.05) is 29.2 Å². The molecule has 1 aromatic heterocycles. The molecule has 8 heteroatoms. The van der Waals surface area contributed by atoms with Gasteiger partial charge in [-0.25, -0.2) is 4.98 Å². The predicted molar refractivity (Wildman–Crippen MR) is 125 cm³/mol. The number of thiol groups is 1. The molecule has 7 nitrogen and oxygen atoms in total. The Morgan fingerprint density at radius 3 is 2.74 bits per heavy atom. The first kappa shape index (κ1) is 23.6. The molecule has 0 spiro atoms. The van der Waals surface area contributed by atoms with Crippen LogP contribution in [0.25, 0.3) is 11.3 Å². The number of methoxy groups -OCH3 is 2. The Labute approximate surface area is 190 Å². The number of hydrogen-bond donors (Lipinski definition) is 2. The molecular weight excluding hydrogens is 412 g/mol. The van der Waals surface area contributed by atoms with Crippen LogP contribution in [0.4, 0.5) is 0 Å². The van der Waals surface area contributed by atoms with E-state index in [4.69, 9.17) is 20.2 Å². The summed E-state index contributed by atoms with van der Waals surface area (Å²) < 4.78 is 13.3. The molecule has 2 heterocycles. The Balaban J connectivity index is 1.94. The molecule has 0 saturated carbocycles. The smallest absolute Gasteiger partial charge is 0.241 e. The molecular formula is C23H34N4O3S. The maximum Gasteiger partial charge on any atom is 0.241 e. The van der Waals surface area contributed by atoms with Crippen molar-refractivity contribution in [1.29, 1.82) is 0 Å². The van der Waals surface area contributed by atoms with E-state index in [1.54, 1.807) is 14.2 Å². The lowest BCUT2D eigenvalue weighted by Crippen LogP contribution is -2.50. The van der Waals surface area contributed by atoms with Crippen LogP contribution >= 0.6 is 12.6 Å². The van der Waals surface area contributed by atoms with Gasteiger partial charge in [0.15, 0.2) is 0 Å². The first-order chi connectivity index (χ1) is 15.0. The maximum absolute atomic E-state index is 13.0. The highest BCUT2D eigenvalue weighted by atomic mass is 32.1. The van der Waals surface area contributed by atoms with Crippen LogP contribution in [0.2, 0.25) is 0 Å². The summed E-state index contributed by atoms with van der Waals surface area (Å²) in [6.45, 7) is 3.44. The van der Waals surface area contributed by atoms with Gasteiger partial charge in [-0.3, -0.25) is 4.79 Å². The molecule has 1 aromatic carbocycles. The molecule has 2 N–H and O–H groups in total. The lowest BCUT2D eigenvalue weighted by Gasteiger charge is -2.37. The molecule has 0 radical (unpaired) electrons. The lowest BCUT2D eigenvalue weighted by molar-refractivity contribution is -0.136. The standard InChI is InChI=1S/C23H34N4O3S/c1-4-7-16(29-2)10-11-20-22-25-19(17-8-5-6-9-21(17)30-3)14-26(22)12-13-27(20)23(28)18(24)15-31/h5-6,8-9,14,16,18,20,31H,4,7,10-13,15,24H2,1-3H3/t16?,18-,20?/m0/s1. The van der Waals surface area contributed by atoms with E-state index in [9.17, 15) is 4.79 Å². The normalized spacial score (nSPS) is 17.8. The lowest BCUT2D eigenvalue weighted by atomic mass is 10.0. The number of aromatic nitrogens is 2. The number of hydrogen-bond acceptors (Lipinski definition) is 6. The minimum atomic E-state index is -0.616. The first-order valence-corrected chi connectivity index (χ1v) is 11.6. The quantitative estimate of drug-likeness (QED) is 0.547. The topological polar surface area (TPSA) is 82.6 Å². The number of fused-ring (bicyclic) bond motifs is 1. The first-order valence-electron chi connectivity index (χ1n) is 10.9. The largest absolute Gasteiger partial charge is 0.496 e. The molecule has 170 valence electrons. The van der Waals surface area contributed by atoms with E-state index >= 15 is 0 Å². The molecule has 2 unspecified atom stereocenters. The minimum Gasteiger partial charge on any atom is -0.496 e. The van der Waals surface area contributed by atoms with Crippen LogP contribution in [0.1, 0.15) is 44.5 Å². The van der Waals surface area contributed by atoms with Gasteiger partial charge in [0, 0.05) is 37.7 Å². The number of nitrogens with zero attached hydrogens (tertiary/aromatic N) is 3. The second kappa shape index (κ2) is 11.0. The summed E-state index contributed by atoms with van der Waals surface area (Å²) >= 11 is 4.23. The Morgan fingerprint density at radius 2 is 2.06 bits per heavy atom. The van der Waals surface area contributed by atoms with Crippen molar-refractivity contribution in [3.05, 3.63) is 36.3 Å². The van der Waals surface area contributed by atoms with Crippen LogP contribution in [0, 0.1) is 0 Å². The number of benzene rings is 1. The second-order valence-corrected chi connectivity index (χ2v) is 8.30. The fourth-order valence-electron chi connectivity index (χ4n) is 4.26. The van der Waals surface area contributed by atoms with E-state index in [0.29, 0.717) is 18.8 Å². The fraction of sp³-hybridized carbons (Fsp3) is 0.565. The molecule has 1 aliphatic rings. The monoisotopic (exact) mass is 446 g/mol. The third-order valence-corrected chi connectivity index (χ3v) is 6.34. The van der Waals surface area contributed by atoms with Crippen molar-refractivity contribution < 1.29 is 14.3 Å². The van der Waals surface area contributed by atoms with Crippen LogP contribution in [0.5, 0.6) is 5.75 Å². The number of para-hydroxylation sites is 1. The summed E-state index contributed by atoms with van der Waals surface area (Å²) in [7, 11) is 3.41. The summed E-state index contributed by atoms with van der Waals surface area (Å²) in [4.78, 5) is 19.9. The molecule has 1 aliphatic heterocycles. The zero-order chi connectivity index (χ0) is 22.4. The van der Waals surface area contributed by atoms with Crippen molar-refractivity contribution >= 4 is 18.5 Å². The highest BCUT2D eigenvalue weighted by Gasteiger charge is 2.35. The summed E-state index contributed by atoms with van der Waals surface area (Å²) in [6.07, 6.45) is 5.90. The molecule has 31 heavy (non-hydrogen) atoms. The van der Waals surface area contributed by atoms with Gasteiger partial charge >= 0.3 is 0 Å². The van der Waals surface area contributed by atoms with Crippen molar-refractivity contribution in [2.24, 2.45) is 5.73 Å². The van der Waals surface area contributed by atoms with Crippen molar-refractivity contribution in [2.45, 2.75) is 57.3 Å². The van der Waals surface area contributed by atoms with Crippen LogP contribution < -0.4 is 10.5 Å². The summed E-state index contributed by atoms with van der Waals surface area (Å²) in [6, 6.07) is 7.09.